The van der Waals surface area contributed by atoms with Crippen molar-refractivity contribution in [2.24, 2.45) is 0 Å². The van der Waals surface area contributed by atoms with Gasteiger partial charge in [0, 0.05) is 11.5 Å². The summed E-state index contributed by atoms with van der Waals surface area (Å²) in [5.41, 5.74) is 0.472. The van der Waals surface area contributed by atoms with Gasteiger partial charge in [-0.3, -0.25) is 0 Å². The highest BCUT2D eigenvalue weighted by Crippen LogP contribution is 2.25. The molecule has 0 fully saturated rings. The number of fused-ring (bicyclic) bond motifs is 1. The van der Waals surface area contributed by atoms with Gasteiger partial charge in [0.05, 0.1) is 12.6 Å². The van der Waals surface area contributed by atoms with Gasteiger partial charge in [0.25, 0.3) is 0 Å². The topological polar surface area (TPSA) is 68.7 Å². The van der Waals surface area contributed by atoms with Crippen LogP contribution in [0.15, 0.2) is 30.3 Å². The van der Waals surface area contributed by atoms with Crippen molar-refractivity contribution in [3.63, 3.8) is 0 Å². The molecule has 82 valence electrons. The van der Waals surface area contributed by atoms with Gasteiger partial charge >= 0.3 is 5.97 Å². The van der Waals surface area contributed by atoms with Crippen LogP contribution < -0.4 is 4.89 Å². The summed E-state index contributed by atoms with van der Waals surface area (Å²) < 4.78 is 0. The number of carboxylic acids is 1. The van der Waals surface area contributed by atoms with Gasteiger partial charge < -0.3 is 9.99 Å². The van der Waals surface area contributed by atoms with Crippen molar-refractivity contribution in [2.75, 3.05) is 7.11 Å². The van der Waals surface area contributed by atoms with E-state index in [0.717, 1.165) is 0 Å². The quantitative estimate of drug-likeness (QED) is 0.630. The lowest BCUT2D eigenvalue weighted by Crippen LogP contribution is -2.02. The van der Waals surface area contributed by atoms with Crippen LogP contribution in [-0.4, -0.2) is 23.2 Å². The second-order valence-electron chi connectivity index (χ2n) is 3.08. The lowest BCUT2D eigenvalue weighted by molar-refractivity contribution is -0.176. The number of hydrogen-bond acceptors (Lipinski definition) is 4. The first-order valence-corrected chi connectivity index (χ1v) is 4.56. The Morgan fingerprint density at radius 1 is 1.38 bits per heavy atom. The van der Waals surface area contributed by atoms with E-state index in [2.05, 4.69) is 9.87 Å². The lowest BCUT2D eigenvalue weighted by atomic mass is 10.2. The smallest absolute Gasteiger partial charge is 0.354 e. The minimum atomic E-state index is -1.10. The normalized spacial score (nSPS) is 10.3. The predicted octanol–water partition coefficient (Wildman–Crippen LogP) is 1.87. The largest absolute Gasteiger partial charge is 0.477 e. The van der Waals surface area contributed by atoms with Crippen LogP contribution in [0.2, 0.25) is 0 Å². The Morgan fingerprint density at radius 3 is 2.81 bits per heavy atom. The summed E-state index contributed by atoms with van der Waals surface area (Å²) in [6.45, 7) is 0. The molecule has 0 saturated carbocycles. The fourth-order valence-corrected chi connectivity index (χ4v) is 1.41. The van der Waals surface area contributed by atoms with Crippen molar-refractivity contribution in [1.82, 2.24) is 4.98 Å². The molecule has 1 heterocycles. The highest BCUT2D eigenvalue weighted by Gasteiger charge is 2.11. The Morgan fingerprint density at radius 2 is 2.12 bits per heavy atom. The number of pyridine rings is 1. The van der Waals surface area contributed by atoms with E-state index in [0.29, 0.717) is 16.7 Å². The Balaban J connectivity index is 2.68. The Kier molecular flexibility index (Phi) is 2.70. The first-order chi connectivity index (χ1) is 7.72. The zero-order chi connectivity index (χ0) is 11.5. The number of carboxylic acid groups (broad SMARTS) is 1. The van der Waals surface area contributed by atoms with Crippen LogP contribution in [0.5, 0.6) is 5.75 Å². The van der Waals surface area contributed by atoms with Gasteiger partial charge in [-0.15, -0.1) is 0 Å². The molecule has 0 spiro atoms. The zero-order valence-electron chi connectivity index (χ0n) is 8.51. The maximum absolute atomic E-state index is 10.8. The fraction of sp³-hybridized carbons (Fsp3) is 0.0909. The number of aromatic carboxylic acids is 1. The van der Waals surface area contributed by atoms with Crippen molar-refractivity contribution < 1.29 is 19.7 Å². The molecule has 0 atom stereocenters. The minimum Gasteiger partial charge on any atom is -0.477 e. The van der Waals surface area contributed by atoms with Gasteiger partial charge in [-0.25, -0.2) is 9.78 Å². The van der Waals surface area contributed by atoms with E-state index in [1.807, 2.05) is 6.07 Å². The molecule has 5 heteroatoms. The van der Waals surface area contributed by atoms with Crippen molar-refractivity contribution in [2.45, 2.75) is 0 Å². The molecule has 0 aliphatic heterocycles. The van der Waals surface area contributed by atoms with Crippen molar-refractivity contribution >= 4 is 16.9 Å². The standard InChI is InChI=1S/C11H9NO4/c1-15-16-10-6-9(11(13)14)12-8-5-3-2-4-7(8)10/h2-6H,1H3,(H,13,14). The SMILES string of the molecule is COOc1cc(C(=O)O)nc2ccccc12. The van der Waals surface area contributed by atoms with E-state index < -0.39 is 5.97 Å². The molecule has 1 aromatic heterocycles. The highest BCUT2D eigenvalue weighted by atomic mass is 17.2. The first-order valence-electron chi connectivity index (χ1n) is 4.56. The van der Waals surface area contributed by atoms with Gasteiger partial charge in [0.15, 0.2) is 11.4 Å². The van der Waals surface area contributed by atoms with Crippen LogP contribution in [0.4, 0.5) is 0 Å². The summed E-state index contributed by atoms with van der Waals surface area (Å²) in [6, 6.07) is 8.41. The monoisotopic (exact) mass is 219 g/mol. The molecule has 2 rings (SSSR count). The van der Waals surface area contributed by atoms with Crippen LogP contribution in [0.1, 0.15) is 10.5 Å². The molecule has 1 N–H and O–H groups in total. The summed E-state index contributed by atoms with van der Waals surface area (Å²) in [6.07, 6.45) is 0. The summed E-state index contributed by atoms with van der Waals surface area (Å²) in [5.74, 6) is -0.766. The van der Waals surface area contributed by atoms with Gasteiger partial charge in [0.2, 0.25) is 0 Å². The average Bonchev–Trinajstić information content (AvgIpc) is 2.29. The summed E-state index contributed by atoms with van der Waals surface area (Å²) in [5, 5.41) is 9.58. The number of para-hydroxylation sites is 1. The molecule has 0 aliphatic rings. The van der Waals surface area contributed by atoms with Crippen LogP contribution >= 0.6 is 0 Å². The fourth-order valence-electron chi connectivity index (χ4n) is 1.41. The third-order valence-corrected chi connectivity index (χ3v) is 2.07. The molecule has 0 amide bonds. The number of nitrogens with zero attached hydrogens (tertiary/aromatic N) is 1. The molecule has 0 bridgehead atoms. The van der Waals surface area contributed by atoms with E-state index in [1.165, 1.54) is 13.2 Å². The van der Waals surface area contributed by atoms with E-state index in [1.54, 1.807) is 18.2 Å². The van der Waals surface area contributed by atoms with Crippen molar-refractivity contribution in [3.05, 3.63) is 36.0 Å². The molecule has 0 saturated heterocycles. The zero-order valence-corrected chi connectivity index (χ0v) is 8.51. The van der Waals surface area contributed by atoms with Gasteiger partial charge in [-0.2, -0.15) is 4.89 Å². The van der Waals surface area contributed by atoms with Gasteiger partial charge in [-0.05, 0) is 12.1 Å². The Bertz CT molecular complexity index is 538. The van der Waals surface area contributed by atoms with Crippen LogP contribution in [0, 0.1) is 0 Å². The number of aromatic nitrogens is 1. The average molecular weight is 219 g/mol. The maximum atomic E-state index is 10.8. The van der Waals surface area contributed by atoms with Gasteiger partial charge in [0.1, 0.15) is 0 Å². The first kappa shape index (κ1) is 10.4. The molecular weight excluding hydrogens is 210 g/mol. The number of benzene rings is 1. The molecule has 5 nitrogen and oxygen atoms in total. The molecule has 1 aromatic carbocycles. The molecule has 0 radical (unpaired) electrons. The van der Waals surface area contributed by atoms with E-state index in [4.69, 9.17) is 9.99 Å². The summed E-state index contributed by atoms with van der Waals surface area (Å²) in [7, 11) is 1.36. The minimum absolute atomic E-state index is 0.0780. The second kappa shape index (κ2) is 4.16. The number of carbonyl (C=O) groups is 1. The number of rotatable bonds is 3. The van der Waals surface area contributed by atoms with Gasteiger partial charge in [-0.1, -0.05) is 12.1 Å². The molecule has 0 aliphatic carbocycles. The Labute approximate surface area is 91.2 Å². The number of hydrogen-bond donors (Lipinski definition) is 1. The van der Waals surface area contributed by atoms with E-state index in [-0.39, 0.29) is 5.69 Å². The van der Waals surface area contributed by atoms with Crippen LogP contribution in [0.25, 0.3) is 10.9 Å². The summed E-state index contributed by atoms with van der Waals surface area (Å²) in [4.78, 5) is 24.3. The highest BCUT2D eigenvalue weighted by molar-refractivity contribution is 5.93. The maximum Gasteiger partial charge on any atom is 0.354 e. The van der Waals surface area contributed by atoms with Crippen LogP contribution in [-0.2, 0) is 4.89 Å². The third-order valence-electron chi connectivity index (χ3n) is 2.07. The third kappa shape index (κ3) is 1.80. The van der Waals surface area contributed by atoms with E-state index >= 15 is 0 Å². The van der Waals surface area contributed by atoms with E-state index in [9.17, 15) is 4.79 Å². The van der Waals surface area contributed by atoms with Crippen LogP contribution in [0.3, 0.4) is 0 Å². The predicted molar refractivity (Wildman–Crippen MR) is 56.3 cm³/mol. The Hall–Kier alpha value is -2.14. The molecular formula is C11H9NO4. The molecule has 16 heavy (non-hydrogen) atoms. The molecule has 0 unspecified atom stereocenters. The van der Waals surface area contributed by atoms with Crippen molar-refractivity contribution in [1.29, 1.82) is 0 Å². The lowest BCUT2D eigenvalue weighted by Gasteiger charge is -2.06. The second-order valence-corrected chi connectivity index (χ2v) is 3.08. The van der Waals surface area contributed by atoms with Crippen molar-refractivity contribution in [3.8, 4) is 5.75 Å². The molecule has 2 aromatic rings. The summed E-state index contributed by atoms with van der Waals surface area (Å²) >= 11 is 0.